The summed E-state index contributed by atoms with van der Waals surface area (Å²) in [6.45, 7) is 2.17. The predicted octanol–water partition coefficient (Wildman–Crippen LogP) is 2.80. The monoisotopic (exact) mass is 248 g/mol. The van der Waals surface area contributed by atoms with E-state index in [1.54, 1.807) is 18.2 Å². The molecular formula is C14H20N2O2. The van der Waals surface area contributed by atoms with E-state index in [-0.39, 0.29) is 11.5 Å². The Kier molecular flexibility index (Phi) is 3.45. The molecule has 0 spiro atoms. The van der Waals surface area contributed by atoms with Crippen molar-refractivity contribution in [2.45, 2.75) is 38.1 Å². The first-order valence-corrected chi connectivity index (χ1v) is 6.31. The van der Waals surface area contributed by atoms with Crippen LogP contribution < -0.4 is 11.1 Å². The molecule has 1 aliphatic carbocycles. The molecule has 0 bridgehead atoms. The summed E-state index contributed by atoms with van der Waals surface area (Å²) in [5, 5.41) is 3.44. The van der Waals surface area contributed by atoms with Gasteiger partial charge in [0.1, 0.15) is 0 Å². The number of hydrogen-bond acceptors (Lipinski definition) is 4. The van der Waals surface area contributed by atoms with Crippen molar-refractivity contribution < 1.29 is 9.53 Å². The number of benzene rings is 1. The van der Waals surface area contributed by atoms with Crippen LogP contribution in [0.5, 0.6) is 0 Å². The zero-order valence-corrected chi connectivity index (χ0v) is 11.0. The fraction of sp³-hybridized carbons (Fsp3) is 0.500. The van der Waals surface area contributed by atoms with E-state index in [1.165, 1.54) is 20.0 Å². The SMILES string of the molecule is COC(=O)c1cccc(N)c1NC1(C)CCCC1. The quantitative estimate of drug-likeness (QED) is 0.637. The van der Waals surface area contributed by atoms with E-state index < -0.39 is 0 Å². The lowest BCUT2D eigenvalue weighted by molar-refractivity contribution is 0.0602. The van der Waals surface area contributed by atoms with Crippen LogP contribution in [-0.2, 0) is 4.74 Å². The normalized spacial score (nSPS) is 17.4. The second-order valence-electron chi connectivity index (χ2n) is 5.15. The highest BCUT2D eigenvalue weighted by Crippen LogP contribution is 2.35. The lowest BCUT2D eigenvalue weighted by Crippen LogP contribution is -2.32. The highest BCUT2D eigenvalue weighted by atomic mass is 16.5. The van der Waals surface area contributed by atoms with Crippen LogP contribution in [0.1, 0.15) is 43.0 Å². The molecule has 1 aromatic carbocycles. The first-order valence-electron chi connectivity index (χ1n) is 6.31. The molecule has 0 radical (unpaired) electrons. The van der Waals surface area contributed by atoms with E-state index >= 15 is 0 Å². The summed E-state index contributed by atoms with van der Waals surface area (Å²) in [6.07, 6.45) is 4.62. The molecule has 1 aromatic rings. The van der Waals surface area contributed by atoms with Crippen molar-refractivity contribution in [1.82, 2.24) is 0 Å². The summed E-state index contributed by atoms with van der Waals surface area (Å²) in [5.74, 6) is -0.355. The van der Waals surface area contributed by atoms with Crippen LogP contribution >= 0.6 is 0 Å². The van der Waals surface area contributed by atoms with Gasteiger partial charge in [-0.3, -0.25) is 0 Å². The highest BCUT2D eigenvalue weighted by Gasteiger charge is 2.30. The van der Waals surface area contributed by atoms with Gasteiger partial charge in [-0.05, 0) is 31.9 Å². The Labute approximate surface area is 108 Å². The van der Waals surface area contributed by atoms with Gasteiger partial charge in [0, 0.05) is 5.54 Å². The van der Waals surface area contributed by atoms with Crippen LogP contribution in [0.3, 0.4) is 0 Å². The van der Waals surface area contributed by atoms with Crippen LogP contribution in [0.2, 0.25) is 0 Å². The van der Waals surface area contributed by atoms with E-state index in [1.807, 2.05) is 0 Å². The van der Waals surface area contributed by atoms with Crippen molar-refractivity contribution in [1.29, 1.82) is 0 Å². The molecule has 0 heterocycles. The van der Waals surface area contributed by atoms with Crippen molar-refractivity contribution in [3.05, 3.63) is 23.8 Å². The Hall–Kier alpha value is -1.71. The van der Waals surface area contributed by atoms with Gasteiger partial charge in [0.2, 0.25) is 0 Å². The zero-order chi connectivity index (χ0) is 13.2. The van der Waals surface area contributed by atoms with Crippen LogP contribution in [0.15, 0.2) is 18.2 Å². The summed E-state index contributed by atoms with van der Waals surface area (Å²) in [6, 6.07) is 5.31. The lowest BCUT2D eigenvalue weighted by atomic mass is 9.99. The van der Waals surface area contributed by atoms with Crippen LogP contribution in [0, 0.1) is 0 Å². The summed E-state index contributed by atoms with van der Waals surface area (Å²) in [7, 11) is 1.38. The van der Waals surface area contributed by atoms with Crippen LogP contribution in [-0.4, -0.2) is 18.6 Å². The Morgan fingerprint density at radius 2 is 2.06 bits per heavy atom. The number of para-hydroxylation sites is 1. The van der Waals surface area contributed by atoms with Gasteiger partial charge < -0.3 is 15.8 Å². The van der Waals surface area contributed by atoms with Gasteiger partial charge in [-0.25, -0.2) is 4.79 Å². The van der Waals surface area contributed by atoms with Gasteiger partial charge in [-0.15, -0.1) is 0 Å². The molecule has 98 valence electrons. The van der Waals surface area contributed by atoms with E-state index in [0.717, 1.165) is 12.8 Å². The minimum Gasteiger partial charge on any atom is -0.465 e. The molecule has 1 saturated carbocycles. The minimum atomic E-state index is -0.355. The van der Waals surface area contributed by atoms with E-state index in [0.29, 0.717) is 16.9 Å². The number of nitrogen functional groups attached to an aromatic ring is 1. The smallest absolute Gasteiger partial charge is 0.340 e. The molecule has 1 aliphatic rings. The Morgan fingerprint density at radius 3 is 2.67 bits per heavy atom. The molecular weight excluding hydrogens is 228 g/mol. The zero-order valence-electron chi connectivity index (χ0n) is 11.0. The Balaban J connectivity index is 2.33. The summed E-state index contributed by atoms with van der Waals surface area (Å²) in [5.41, 5.74) is 7.80. The molecule has 1 fully saturated rings. The van der Waals surface area contributed by atoms with Crippen molar-refractivity contribution >= 4 is 17.3 Å². The molecule has 0 aliphatic heterocycles. The number of carbonyl (C=O) groups is 1. The maximum Gasteiger partial charge on any atom is 0.340 e. The standard InChI is InChI=1S/C14H20N2O2/c1-14(8-3-4-9-14)16-12-10(13(17)18-2)6-5-7-11(12)15/h5-7,16H,3-4,8-9,15H2,1-2H3. The van der Waals surface area contributed by atoms with Gasteiger partial charge in [-0.2, -0.15) is 0 Å². The Bertz CT molecular complexity index is 451. The van der Waals surface area contributed by atoms with E-state index in [4.69, 9.17) is 10.5 Å². The number of ether oxygens (including phenoxy) is 1. The van der Waals surface area contributed by atoms with Crippen LogP contribution in [0.25, 0.3) is 0 Å². The molecule has 3 N–H and O–H groups in total. The molecule has 0 amide bonds. The maximum absolute atomic E-state index is 11.7. The lowest BCUT2D eigenvalue weighted by Gasteiger charge is -2.28. The second kappa shape index (κ2) is 4.88. The average Bonchev–Trinajstić information content (AvgIpc) is 2.78. The summed E-state index contributed by atoms with van der Waals surface area (Å²) in [4.78, 5) is 11.7. The van der Waals surface area contributed by atoms with Crippen molar-refractivity contribution in [3.63, 3.8) is 0 Å². The van der Waals surface area contributed by atoms with E-state index in [9.17, 15) is 4.79 Å². The first-order chi connectivity index (χ1) is 8.56. The molecule has 4 nitrogen and oxygen atoms in total. The number of esters is 1. The third-order valence-electron chi connectivity index (χ3n) is 3.64. The first kappa shape index (κ1) is 12.7. The largest absolute Gasteiger partial charge is 0.465 e. The molecule has 0 saturated heterocycles. The number of methoxy groups -OCH3 is 1. The highest BCUT2D eigenvalue weighted by molar-refractivity contribution is 5.98. The maximum atomic E-state index is 11.7. The predicted molar refractivity (Wildman–Crippen MR) is 72.7 cm³/mol. The summed E-state index contributed by atoms with van der Waals surface area (Å²) >= 11 is 0. The number of nitrogens with two attached hydrogens (primary N) is 1. The van der Waals surface area contributed by atoms with Gasteiger partial charge >= 0.3 is 5.97 Å². The molecule has 18 heavy (non-hydrogen) atoms. The number of anilines is 2. The van der Waals surface area contributed by atoms with Crippen molar-refractivity contribution in [2.24, 2.45) is 0 Å². The number of hydrogen-bond donors (Lipinski definition) is 2. The van der Waals surface area contributed by atoms with Gasteiger partial charge in [0.05, 0.1) is 24.0 Å². The fourth-order valence-corrected chi connectivity index (χ4v) is 2.57. The third-order valence-corrected chi connectivity index (χ3v) is 3.64. The third kappa shape index (κ3) is 2.42. The van der Waals surface area contributed by atoms with Gasteiger partial charge in [0.15, 0.2) is 0 Å². The van der Waals surface area contributed by atoms with Crippen molar-refractivity contribution in [3.8, 4) is 0 Å². The fourth-order valence-electron chi connectivity index (χ4n) is 2.57. The van der Waals surface area contributed by atoms with Gasteiger partial charge in [-0.1, -0.05) is 18.9 Å². The number of nitrogens with one attached hydrogen (secondary N) is 1. The molecule has 4 heteroatoms. The Morgan fingerprint density at radius 1 is 1.39 bits per heavy atom. The average molecular weight is 248 g/mol. The number of rotatable bonds is 3. The molecule has 0 atom stereocenters. The molecule has 0 aromatic heterocycles. The van der Waals surface area contributed by atoms with Crippen LogP contribution in [0.4, 0.5) is 11.4 Å². The summed E-state index contributed by atoms with van der Waals surface area (Å²) < 4.78 is 4.79. The van der Waals surface area contributed by atoms with E-state index in [2.05, 4.69) is 12.2 Å². The topological polar surface area (TPSA) is 64.3 Å². The van der Waals surface area contributed by atoms with Crippen molar-refractivity contribution in [2.75, 3.05) is 18.2 Å². The number of carbonyl (C=O) groups excluding carboxylic acids is 1. The molecule has 0 unspecified atom stereocenters. The van der Waals surface area contributed by atoms with Gasteiger partial charge in [0.25, 0.3) is 0 Å². The second-order valence-corrected chi connectivity index (χ2v) is 5.15. The molecule has 2 rings (SSSR count). The minimum absolute atomic E-state index is 0.0260.